The molecule has 1 aliphatic carbocycles. The van der Waals surface area contributed by atoms with E-state index in [0.717, 1.165) is 37.6 Å². The lowest BCUT2D eigenvalue weighted by atomic mass is 9.81. The highest BCUT2D eigenvalue weighted by molar-refractivity contribution is 5.95. The Hall–Kier alpha value is -3.73. The van der Waals surface area contributed by atoms with Crippen LogP contribution in [0.4, 0.5) is 0 Å². The zero-order valence-electron chi connectivity index (χ0n) is 17.5. The number of hydrogen-bond donors (Lipinski definition) is 0. The Morgan fingerprint density at radius 2 is 1.35 bits per heavy atom. The van der Waals surface area contributed by atoms with Crippen LogP contribution < -0.4 is 15.2 Å². The molecule has 1 aromatic carbocycles. The Morgan fingerprint density at radius 3 is 2.13 bits per heavy atom. The van der Waals surface area contributed by atoms with Crippen LogP contribution in [0.15, 0.2) is 74.5 Å². The molecule has 2 unspecified atom stereocenters. The van der Waals surface area contributed by atoms with Gasteiger partial charge in [0.05, 0.1) is 42.2 Å². The van der Waals surface area contributed by atoms with Crippen molar-refractivity contribution in [3.63, 3.8) is 0 Å². The predicted octanol–water partition coefficient (Wildman–Crippen LogP) is 3.39. The van der Waals surface area contributed by atoms with E-state index in [1.54, 1.807) is 18.8 Å². The molecule has 0 fully saturated rings. The number of fused-ring (bicyclic) bond motifs is 8. The van der Waals surface area contributed by atoms with E-state index < -0.39 is 0 Å². The van der Waals surface area contributed by atoms with Crippen LogP contribution in [0.1, 0.15) is 25.6 Å². The van der Waals surface area contributed by atoms with Gasteiger partial charge in [0.25, 0.3) is 5.82 Å². The van der Waals surface area contributed by atoms with Crippen molar-refractivity contribution in [1.82, 2.24) is 4.57 Å². The third-order valence-corrected chi connectivity index (χ3v) is 7.14. The van der Waals surface area contributed by atoms with Crippen molar-refractivity contribution in [2.24, 2.45) is 13.0 Å². The van der Waals surface area contributed by atoms with Gasteiger partial charge >= 0.3 is 0 Å². The molecule has 2 atom stereocenters. The summed E-state index contributed by atoms with van der Waals surface area (Å²) in [5, 5.41) is 3.01. The molecular weight excluding hydrogens is 388 g/mol. The van der Waals surface area contributed by atoms with Gasteiger partial charge in [0.2, 0.25) is 0 Å². The molecule has 4 aromatic heterocycles. The number of furan rings is 3. The van der Waals surface area contributed by atoms with Crippen LogP contribution in [0, 0.1) is 27.2 Å². The monoisotopic (exact) mass is 409 g/mol. The minimum atomic E-state index is 0.265. The van der Waals surface area contributed by atoms with E-state index in [1.807, 2.05) is 12.1 Å². The summed E-state index contributed by atoms with van der Waals surface area (Å²) in [4.78, 5) is 0. The van der Waals surface area contributed by atoms with Gasteiger partial charge in [0.1, 0.15) is 10.8 Å². The smallest absolute Gasteiger partial charge is 0.266 e. The third kappa shape index (κ3) is 1.94. The summed E-state index contributed by atoms with van der Waals surface area (Å²) in [7, 11) is 2.16. The van der Waals surface area contributed by atoms with Crippen molar-refractivity contribution in [2.45, 2.75) is 19.8 Å². The Kier molecular flexibility index (Phi) is 3.12. The molecule has 0 spiro atoms. The van der Waals surface area contributed by atoms with E-state index in [9.17, 15) is 0 Å². The Labute approximate surface area is 176 Å². The molecule has 0 radical (unpaired) electrons. The van der Waals surface area contributed by atoms with Crippen molar-refractivity contribution in [3.05, 3.63) is 99.0 Å². The maximum atomic E-state index is 6.20. The second-order valence-corrected chi connectivity index (χ2v) is 8.57. The van der Waals surface area contributed by atoms with E-state index in [2.05, 4.69) is 60.4 Å². The Bertz CT molecular complexity index is 1850. The fourth-order valence-corrected chi connectivity index (χ4v) is 5.58. The van der Waals surface area contributed by atoms with E-state index in [-0.39, 0.29) is 5.92 Å². The fourth-order valence-electron chi connectivity index (χ4n) is 5.58. The van der Waals surface area contributed by atoms with Crippen LogP contribution in [-0.4, -0.2) is 4.57 Å². The highest BCUT2D eigenvalue weighted by Crippen LogP contribution is 2.42. The topological polar surface area (TPSA) is 48.2 Å². The number of aryl methyl sites for hydroxylation is 1. The van der Waals surface area contributed by atoms with Crippen molar-refractivity contribution >= 4 is 22.3 Å². The van der Waals surface area contributed by atoms with Crippen LogP contribution in [0.5, 0.6) is 0 Å². The average Bonchev–Trinajstić information content (AvgIpc) is 3.55. The van der Waals surface area contributed by atoms with Crippen LogP contribution in [0.3, 0.4) is 0 Å². The molecule has 1 aliphatic heterocycles. The first-order valence-corrected chi connectivity index (χ1v) is 10.6. The lowest BCUT2D eigenvalue weighted by molar-refractivity contribution is -0.655. The van der Waals surface area contributed by atoms with Gasteiger partial charge in [-0.05, 0) is 30.3 Å². The van der Waals surface area contributed by atoms with Gasteiger partial charge in [0, 0.05) is 16.7 Å². The van der Waals surface area contributed by atoms with Gasteiger partial charge in [-0.1, -0.05) is 26.0 Å². The molecule has 31 heavy (non-hydrogen) atoms. The molecule has 5 aromatic rings. The van der Waals surface area contributed by atoms with Gasteiger partial charge in [-0.25, -0.2) is 4.57 Å². The molecule has 152 valence electrons. The molecule has 7 rings (SSSR count). The summed E-state index contributed by atoms with van der Waals surface area (Å²) >= 11 is 0. The maximum absolute atomic E-state index is 6.20. The summed E-state index contributed by atoms with van der Waals surface area (Å²) in [6.07, 6.45) is 5.25. The number of hydrogen-bond acceptors (Lipinski definition) is 3. The summed E-state index contributed by atoms with van der Waals surface area (Å²) < 4.78 is 22.9. The number of aromatic nitrogens is 2. The number of imidazole rings is 1. The summed E-state index contributed by atoms with van der Waals surface area (Å²) in [5.74, 6) is 1.83. The Balaban J connectivity index is 1.91. The van der Waals surface area contributed by atoms with E-state index in [4.69, 9.17) is 13.3 Å². The molecule has 2 aliphatic rings. The van der Waals surface area contributed by atoms with Crippen molar-refractivity contribution in [2.75, 3.05) is 0 Å². The lowest BCUT2D eigenvalue weighted by Gasteiger charge is -2.27. The number of benzene rings is 1. The van der Waals surface area contributed by atoms with Crippen molar-refractivity contribution < 1.29 is 17.8 Å². The minimum Gasteiger partial charge on any atom is -0.464 e. The molecular formula is C26H21N2O3+. The molecule has 5 heterocycles. The maximum Gasteiger partial charge on any atom is 0.266 e. The molecule has 0 N–H and O–H groups in total. The SMILES string of the molecule is CC1C2=c3cco/c3=c3\cco\c3=c3/ccoc3=C2n2c([n+](C)c3ccccc32)C1C. The predicted molar refractivity (Wildman–Crippen MR) is 114 cm³/mol. The van der Waals surface area contributed by atoms with Gasteiger partial charge in [-0.15, -0.1) is 0 Å². The van der Waals surface area contributed by atoms with Crippen molar-refractivity contribution in [3.8, 4) is 0 Å². The number of para-hydroxylation sites is 2. The van der Waals surface area contributed by atoms with E-state index in [1.165, 1.54) is 22.4 Å². The minimum absolute atomic E-state index is 0.265. The van der Waals surface area contributed by atoms with E-state index in [0.29, 0.717) is 5.92 Å². The van der Waals surface area contributed by atoms with Crippen molar-refractivity contribution in [1.29, 1.82) is 0 Å². The second kappa shape index (κ2) is 5.70. The molecule has 0 saturated carbocycles. The standard InChI is InChI=1S/C26H21N2O3/c1-14-15(2)26-27(3)19-6-4-5-7-20(19)28(26)22-21(14)16-8-11-29-23(16)17-9-12-30-24(17)18-10-13-31-25(18)22/h4-15H,1-3H3/q+1/b21-16?,23-17+,24-18+,25-22?. The van der Waals surface area contributed by atoms with Gasteiger partial charge < -0.3 is 13.3 Å². The largest absolute Gasteiger partial charge is 0.464 e. The van der Waals surface area contributed by atoms with Crippen LogP contribution in [-0.2, 0) is 7.05 Å². The van der Waals surface area contributed by atoms with Crippen LogP contribution >= 0.6 is 0 Å². The highest BCUT2D eigenvalue weighted by atomic mass is 16.3. The average molecular weight is 409 g/mol. The number of rotatable bonds is 0. The third-order valence-electron chi connectivity index (χ3n) is 7.14. The van der Waals surface area contributed by atoms with Gasteiger partial charge in [-0.2, -0.15) is 4.57 Å². The second-order valence-electron chi connectivity index (χ2n) is 8.57. The Morgan fingerprint density at radius 1 is 0.742 bits per heavy atom. The first-order valence-electron chi connectivity index (χ1n) is 10.6. The lowest BCUT2D eigenvalue weighted by Crippen LogP contribution is -2.40. The van der Waals surface area contributed by atoms with Crippen LogP contribution in [0.2, 0.25) is 0 Å². The molecule has 5 heteroatoms. The molecule has 0 amide bonds. The van der Waals surface area contributed by atoms with Gasteiger partial charge in [0.15, 0.2) is 22.1 Å². The highest BCUT2D eigenvalue weighted by Gasteiger charge is 2.42. The van der Waals surface area contributed by atoms with Crippen LogP contribution in [0.25, 0.3) is 22.3 Å². The zero-order valence-corrected chi connectivity index (χ0v) is 17.5. The van der Waals surface area contributed by atoms with E-state index >= 15 is 0 Å². The van der Waals surface area contributed by atoms with Gasteiger partial charge in [-0.3, -0.25) is 0 Å². The zero-order chi connectivity index (χ0) is 20.9. The first kappa shape index (κ1) is 17.0. The normalized spacial score (nSPS) is 21.6. The molecule has 0 saturated heterocycles. The number of nitrogens with zero attached hydrogens (tertiary/aromatic N) is 2. The first-order chi connectivity index (χ1) is 15.2. The fraction of sp³-hybridized carbons (Fsp3) is 0.192. The molecule has 0 bridgehead atoms. The summed E-state index contributed by atoms with van der Waals surface area (Å²) in [6, 6.07) is 14.6. The molecule has 5 nitrogen and oxygen atoms in total. The quantitative estimate of drug-likeness (QED) is 0.369. The summed E-state index contributed by atoms with van der Waals surface area (Å²) in [5.41, 5.74) is 7.15. The summed E-state index contributed by atoms with van der Waals surface area (Å²) in [6.45, 7) is 4.61.